The smallest absolute Gasteiger partial charge is 0.242 e. The average Bonchev–Trinajstić information content (AvgIpc) is 2.49. The fourth-order valence-corrected chi connectivity index (χ4v) is 4.02. The first-order chi connectivity index (χ1) is 9.63. The molecule has 1 fully saturated rings. The molecule has 1 aromatic rings. The number of hydrogen-bond donors (Lipinski definition) is 2. The van der Waals surface area contributed by atoms with Crippen LogP contribution in [0.2, 0.25) is 0 Å². The fourth-order valence-electron chi connectivity index (χ4n) is 2.13. The second kappa shape index (κ2) is 7.31. The topological polar surface area (TPSA) is 61.4 Å². The van der Waals surface area contributed by atoms with E-state index in [9.17, 15) is 8.42 Å². The molecule has 0 aromatic heterocycles. The normalized spacial score (nSPS) is 17.1. The minimum Gasteiger partial charge on any atom is -0.383 e. The molecule has 5 nitrogen and oxygen atoms in total. The zero-order valence-electron chi connectivity index (χ0n) is 11.6. The molecule has 20 heavy (non-hydrogen) atoms. The Morgan fingerprint density at radius 3 is 2.65 bits per heavy atom. The van der Waals surface area contributed by atoms with E-state index < -0.39 is 10.0 Å². The molecule has 1 aliphatic rings. The van der Waals surface area contributed by atoms with Gasteiger partial charge in [-0.25, -0.2) is 13.1 Å². The van der Waals surface area contributed by atoms with Gasteiger partial charge in [-0.2, -0.15) is 11.8 Å². The van der Waals surface area contributed by atoms with Crippen molar-refractivity contribution in [3.8, 4) is 0 Å². The van der Waals surface area contributed by atoms with E-state index in [0.29, 0.717) is 10.6 Å². The highest BCUT2D eigenvalue weighted by atomic mass is 32.2. The molecule has 0 amide bonds. The number of para-hydroxylation sites is 1. The lowest BCUT2D eigenvalue weighted by Crippen LogP contribution is -2.36. The summed E-state index contributed by atoms with van der Waals surface area (Å²) in [4.78, 5) is 2.70. The van der Waals surface area contributed by atoms with E-state index >= 15 is 0 Å². The monoisotopic (exact) mass is 315 g/mol. The third kappa shape index (κ3) is 4.12. The maximum Gasteiger partial charge on any atom is 0.242 e. The largest absolute Gasteiger partial charge is 0.383 e. The third-order valence-electron chi connectivity index (χ3n) is 3.29. The van der Waals surface area contributed by atoms with Crippen molar-refractivity contribution in [2.45, 2.75) is 4.90 Å². The van der Waals surface area contributed by atoms with E-state index in [1.54, 1.807) is 18.2 Å². The van der Waals surface area contributed by atoms with Crippen LogP contribution in [0.25, 0.3) is 0 Å². The molecule has 1 aliphatic heterocycles. The van der Waals surface area contributed by atoms with Crippen LogP contribution < -0.4 is 10.0 Å². The van der Waals surface area contributed by atoms with Gasteiger partial charge in [-0.3, -0.25) is 4.90 Å². The minimum atomic E-state index is -3.41. The Morgan fingerprint density at radius 1 is 1.25 bits per heavy atom. The van der Waals surface area contributed by atoms with Crippen molar-refractivity contribution in [1.82, 2.24) is 9.62 Å². The van der Waals surface area contributed by atoms with Crippen LogP contribution in [0.3, 0.4) is 0 Å². The Hall–Kier alpha value is -0.760. The highest BCUT2D eigenvalue weighted by Gasteiger charge is 2.16. The second-order valence-electron chi connectivity index (χ2n) is 4.58. The van der Waals surface area contributed by atoms with E-state index in [-0.39, 0.29) is 0 Å². The van der Waals surface area contributed by atoms with Gasteiger partial charge in [0.2, 0.25) is 10.0 Å². The Labute approximate surface area is 125 Å². The van der Waals surface area contributed by atoms with Gasteiger partial charge in [-0.1, -0.05) is 12.1 Å². The van der Waals surface area contributed by atoms with E-state index in [1.165, 1.54) is 18.6 Å². The van der Waals surface area contributed by atoms with Gasteiger partial charge in [0, 0.05) is 37.7 Å². The summed E-state index contributed by atoms with van der Waals surface area (Å²) in [5.41, 5.74) is 0.660. The number of nitrogens with zero attached hydrogens (tertiary/aromatic N) is 1. The minimum absolute atomic E-state index is 0.302. The van der Waals surface area contributed by atoms with Crippen LogP contribution in [-0.4, -0.2) is 58.1 Å². The van der Waals surface area contributed by atoms with Crippen molar-refractivity contribution in [3.63, 3.8) is 0 Å². The summed E-state index contributed by atoms with van der Waals surface area (Å²) in [6, 6.07) is 6.99. The molecule has 112 valence electrons. The molecule has 2 N–H and O–H groups in total. The summed E-state index contributed by atoms with van der Waals surface area (Å²) < 4.78 is 26.2. The number of hydrogen-bond acceptors (Lipinski definition) is 5. The van der Waals surface area contributed by atoms with E-state index in [1.807, 2.05) is 17.8 Å². The van der Waals surface area contributed by atoms with Gasteiger partial charge in [0.1, 0.15) is 4.90 Å². The molecule has 0 atom stereocenters. The first-order valence-corrected chi connectivity index (χ1v) is 9.34. The summed E-state index contributed by atoms with van der Waals surface area (Å²) >= 11 is 1.99. The van der Waals surface area contributed by atoms with Gasteiger partial charge in [-0.15, -0.1) is 0 Å². The first kappa shape index (κ1) is 15.6. The van der Waals surface area contributed by atoms with Crippen molar-refractivity contribution < 1.29 is 8.42 Å². The fraction of sp³-hybridized carbons (Fsp3) is 0.538. The maximum atomic E-state index is 11.9. The van der Waals surface area contributed by atoms with Crippen LogP contribution in [0.5, 0.6) is 0 Å². The van der Waals surface area contributed by atoms with Crippen molar-refractivity contribution in [3.05, 3.63) is 24.3 Å². The van der Waals surface area contributed by atoms with Gasteiger partial charge in [-0.05, 0) is 19.2 Å². The highest BCUT2D eigenvalue weighted by molar-refractivity contribution is 7.99. The van der Waals surface area contributed by atoms with Crippen LogP contribution in [0.4, 0.5) is 5.69 Å². The molecule has 0 aliphatic carbocycles. The van der Waals surface area contributed by atoms with Crippen molar-refractivity contribution in [2.24, 2.45) is 0 Å². The third-order valence-corrected chi connectivity index (χ3v) is 5.71. The van der Waals surface area contributed by atoms with Crippen molar-refractivity contribution in [2.75, 3.05) is 50.0 Å². The lowest BCUT2D eigenvalue weighted by Gasteiger charge is -2.26. The van der Waals surface area contributed by atoms with Gasteiger partial charge in [0.05, 0.1) is 5.69 Å². The second-order valence-corrected chi connectivity index (χ2v) is 7.66. The molecule has 0 radical (unpaired) electrons. The molecule has 0 unspecified atom stereocenters. The molecule has 1 aromatic carbocycles. The lowest BCUT2D eigenvalue weighted by atomic mass is 10.3. The van der Waals surface area contributed by atoms with Crippen LogP contribution in [0.1, 0.15) is 0 Å². The predicted octanol–water partition coefficient (Wildman–Crippen LogP) is 1.06. The standard InChI is InChI=1S/C13H21N3O2S2/c1-14-20(17,18)13-5-3-2-4-12(13)15-6-7-16-8-10-19-11-9-16/h2-5,14-15H,6-11H2,1H3. The summed E-state index contributed by atoms with van der Waals surface area (Å²) in [5.74, 6) is 2.37. The summed E-state index contributed by atoms with van der Waals surface area (Å²) in [7, 11) is -1.99. The molecular weight excluding hydrogens is 294 g/mol. The molecule has 1 heterocycles. The molecule has 0 saturated carbocycles. The number of sulfonamides is 1. The first-order valence-electron chi connectivity index (χ1n) is 6.70. The van der Waals surface area contributed by atoms with Crippen molar-refractivity contribution in [1.29, 1.82) is 0 Å². The SMILES string of the molecule is CNS(=O)(=O)c1ccccc1NCCN1CCSCC1. The van der Waals surface area contributed by atoms with E-state index in [0.717, 1.165) is 26.2 Å². The van der Waals surface area contributed by atoms with Gasteiger partial charge >= 0.3 is 0 Å². The van der Waals surface area contributed by atoms with Crippen LogP contribution >= 0.6 is 11.8 Å². The zero-order chi connectivity index (χ0) is 14.4. The van der Waals surface area contributed by atoms with Gasteiger partial charge in [0.25, 0.3) is 0 Å². The van der Waals surface area contributed by atoms with Crippen LogP contribution in [0, 0.1) is 0 Å². The summed E-state index contributed by atoms with van der Waals surface area (Å²) in [6.45, 7) is 3.92. The molecule has 7 heteroatoms. The Morgan fingerprint density at radius 2 is 1.95 bits per heavy atom. The zero-order valence-corrected chi connectivity index (χ0v) is 13.3. The number of benzene rings is 1. The Balaban J connectivity index is 1.95. The molecular formula is C13H21N3O2S2. The summed E-state index contributed by atoms with van der Waals surface area (Å²) in [5, 5.41) is 3.23. The quantitative estimate of drug-likeness (QED) is 0.822. The number of thioether (sulfide) groups is 1. The highest BCUT2D eigenvalue weighted by Crippen LogP contribution is 2.20. The number of rotatable bonds is 6. The maximum absolute atomic E-state index is 11.9. The molecule has 2 rings (SSSR count). The van der Waals surface area contributed by atoms with Crippen LogP contribution in [0.15, 0.2) is 29.2 Å². The van der Waals surface area contributed by atoms with E-state index in [4.69, 9.17) is 0 Å². The number of anilines is 1. The van der Waals surface area contributed by atoms with Crippen LogP contribution in [-0.2, 0) is 10.0 Å². The lowest BCUT2D eigenvalue weighted by molar-refractivity contribution is 0.314. The van der Waals surface area contributed by atoms with E-state index in [2.05, 4.69) is 14.9 Å². The predicted molar refractivity (Wildman–Crippen MR) is 84.9 cm³/mol. The Kier molecular flexibility index (Phi) is 5.71. The van der Waals surface area contributed by atoms with Gasteiger partial charge in [0.15, 0.2) is 0 Å². The molecule has 0 bridgehead atoms. The average molecular weight is 315 g/mol. The Bertz CT molecular complexity index is 528. The summed E-state index contributed by atoms with van der Waals surface area (Å²) in [6.07, 6.45) is 0. The number of nitrogens with one attached hydrogen (secondary N) is 2. The van der Waals surface area contributed by atoms with Gasteiger partial charge < -0.3 is 5.32 Å². The molecule has 1 saturated heterocycles. The molecule has 0 spiro atoms. The van der Waals surface area contributed by atoms with Crippen molar-refractivity contribution >= 4 is 27.5 Å².